The van der Waals surface area contributed by atoms with Gasteiger partial charge in [-0.15, -0.1) is 0 Å². The van der Waals surface area contributed by atoms with E-state index in [1.54, 1.807) is 12.1 Å². The Kier molecular flexibility index (Phi) is 2.71. The summed E-state index contributed by atoms with van der Waals surface area (Å²) in [5.74, 6) is 1.11. The lowest BCUT2D eigenvalue weighted by Crippen LogP contribution is -2.48. The molecular weight excluding hydrogens is 216 g/mol. The smallest absolute Gasteiger partial charge is 0.119 e. The van der Waals surface area contributed by atoms with E-state index in [2.05, 4.69) is 0 Å². The molecule has 17 heavy (non-hydrogen) atoms. The highest BCUT2D eigenvalue weighted by Gasteiger charge is 2.43. The summed E-state index contributed by atoms with van der Waals surface area (Å²) in [7, 11) is 0. The molecule has 1 saturated carbocycles. The predicted molar refractivity (Wildman–Crippen MR) is 64.3 cm³/mol. The number of rotatable bonds is 2. The molecular formula is C14H18O3. The van der Waals surface area contributed by atoms with Crippen LogP contribution in [0.4, 0.5) is 0 Å². The third-order valence-corrected chi connectivity index (χ3v) is 3.85. The molecule has 1 aromatic carbocycles. The Bertz CT molecular complexity index is 381. The largest absolute Gasteiger partial charge is 0.508 e. The highest BCUT2D eigenvalue weighted by molar-refractivity contribution is 5.30. The van der Waals surface area contributed by atoms with E-state index in [4.69, 9.17) is 9.47 Å². The average Bonchev–Trinajstić information content (AvgIpc) is 2.31. The third kappa shape index (κ3) is 2.25. The molecule has 3 rings (SSSR count). The van der Waals surface area contributed by atoms with Gasteiger partial charge in [0.05, 0.1) is 12.2 Å². The third-order valence-electron chi connectivity index (χ3n) is 3.85. The Morgan fingerprint density at radius 3 is 2.65 bits per heavy atom. The fourth-order valence-electron chi connectivity index (χ4n) is 2.72. The minimum atomic E-state index is 0.125. The monoisotopic (exact) mass is 234 g/mol. The van der Waals surface area contributed by atoms with Crippen molar-refractivity contribution in [2.45, 2.75) is 43.8 Å². The van der Waals surface area contributed by atoms with Gasteiger partial charge < -0.3 is 14.6 Å². The number of hydrogen-bond acceptors (Lipinski definition) is 3. The van der Waals surface area contributed by atoms with Crippen LogP contribution in [-0.4, -0.2) is 23.4 Å². The lowest BCUT2D eigenvalue weighted by molar-refractivity contribution is -0.153. The van der Waals surface area contributed by atoms with Crippen LogP contribution in [0.5, 0.6) is 11.5 Å². The first-order valence-corrected chi connectivity index (χ1v) is 6.35. The Balaban J connectivity index is 1.63. The van der Waals surface area contributed by atoms with E-state index in [1.165, 1.54) is 19.3 Å². The number of ether oxygens (including phenoxy) is 2. The molecule has 0 aromatic heterocycles. The summed E-state index contributed by atoms with van der Waals surface area (Å²) < 4.78 is 11.8. The highest BCUT2D eigenvalue weighted by atomic mass is 16.5. The number of aromatic hydroxyl groups is 1. The first-order valence-electron chi connectivity index (χ1n) is 6.35. The molecule has 1 saturated heterocycles. The summed E-state index contributed by atoms with van der Waals surface area (Å²) >= 11 is 0. The first kappa shape index (κ1) is 10.9. The summed E-state index contributed by atoms with van der Waals surface area (Å²) in [5, 5.41) is 9.22. The van der Waals surface area contributed by atoms with E-state index in [-0.39, 0.29) is 17.5 Å². The van der Waals surface area contributed by atoms with Gasteiger partial charge in [-0.1, -0.05) is 0 Å². The van der Waals surface area contributed by atoms with E-state index in [9.17, 15) is 5.11 Å². The molecule has 3 nitrogen and oxygen atoms in total. The minimum absolute atomic E-state index is 0.125. The zero-order chi connectivity index (χ0) is 11.7. The van der Waals surface area contributed by atoms with Crippen molar-refractivity contribution in [1.82, 2.24) is 0 Å². The summed E-state index contributed by atoms with van der Waals surface area (Å²) in [6.45, 7) is 0.808. The van der Waals surface area contributed by atoms with Gasteiger partial charge in [0.2, 0.25) is 0 Å². The number of hydrogen-bond donors (Lipinski definition) is 1. The maximum Gasteiger partial charge on any atom is 0.119 e. The molecule has 2 aliphatic rings. The van der Waals surface area contributed by atoms with Crippen molar-refractivity contribution in [2.24, 2.45) is 0 Å². The fraction of sp³-hybridized carbons (Fsp3) is 0.571. The number of phenols is 1. The van der Waals surface area contributed by atoms with Crippen molar-refractivity contribution in [3.05, 3.63) is 24.3 Å². The van der Waals surface area contributed by atoms with Crippen LogP contribution >= 0.6 is 0 Å². The van der Waals surface area contributed by atoms with E-state index in [0.717, 1.165) is 25.2 Å². The Hall–Kier alpha value is -1.22. The van der Waals surface area contributed by atoms with Gasteiger partial charge in [-0.05, 0) is 43.5 Å². The van der Waals surface area contributed by atoms with Gasteiger partial charge in [-0.2, -0.15) is 0 Å². The highest BCUT2D eigenvalue weighted by Crippen LogP contribution is 2.43. The van der Waals surface area contributed by atoms with Crippen LogP contribution in [0, 0.1) is 0 Å². The summed E-state index contributed by atoms with van der Waals surface area (Å²) in [5.41, 5.74) is 0.125. The minimum Gasteiger partial charge on any atom is -0.508 e. The normalized spacial score (nSPS) is 26.5. The van der Waals surface area contributed by atoms with Gasteiger partial charge in [0, 0.05) is 12.8 Å². The Morgan fingerprint density at radius 2 is 2.00 bits per heavy atom. The van der Waals surface area contributed by atoms with Gasteiger partial charge in [-0.25, -0.2) is 0 Å². The molecule has 1 N–H and O–H groups in total. The van der Waals surface area contributed by atoms with Crippen LogP contribution in [0.1, 0.15) is 32.1 Å². The maximum atomic E-state index is 9.22. The topological polar surface area (TPSA) is 38.7 Å². The van der Waals surface area contributed by atoms with E-state index in [1.807, 2.05) is 12.1 Å². The molecule has 1 aliphatic heterocycles. The molecule has 1 aliphatic carbocycles. The van der Waals surface area contributed by atoms with Crippen molar-refractivity contribution >= 4 is 0 Å². The second-order valence-corrected chi connectivity index (χ2v) is 5.11. The van der Waals surface area contributed by atoms with Crippen LogP contribution in [0.2, 0.25) is 0 Å². The number of phenolic OH excluding ortho intramolecular Hbond substituents is 1. The summed E-state index contributed by atoms with van der Waals surface area (Å²) in [6.07, 6.45) is 5.88. The molecule has 1 atom stereocenters. The quantitative estimate of drug-likeness (QED) is 0.855. The lowest BCUT2D eigenvalue weighted by atomic mass is 9.74. The first-order chi connectivity index (χ1) is 8.26. The molecule has 0 amide bonds. The molecule has 0 bridgehead atoms. The Labute approximate surface area is 101 Å². The van der Waals surface area contributed by atoms with Crippen LogP contribution in [0.15, 0.2) is 24.3 Å². The molecule has 92 valence electrons. The second kappa shape index (κ2) is 4.22. The molecule has 1 unspecified atom stereocenters. The van der Waals surface area contributed by atoms with Gasteiger partial charge in [0.1, 0.15) is 17.6 Å². The standard InChI is InChI=1S/C14H18O3/c15-11-2-4-12(5-3-11)17-13-6-9-16-14(10-13)7-1-8-14/h2-5,13,15H,1,6-10H2. The zero-order valence-electron chi connectivity index (χ0n) is 9.89. The van der Waals surface area contributed by atoms with Gasteiger partial charge in [-0.3, -0.25) is 0 Å². The predicted octanol–water partition coefficient (Wildman–Crippen LogP) is 2.87. The maximum absolute atomic E-state index is 9.22. The second-order valence-electron chi connectivity index (χ2n) is 5.11. The molecule has 0 radical (unpaired) electrons. The molecule has 2 fully saturated rings. The van der Waals surface area contributed by atoms with Gasteiger partial charge in [0.15, 0.2) is 0 Å². The molecule has 1 aromatic rings. The number of benzene rings is 1. The Morgan fingerprint density at radius 1 is 1.24 bits per heavy atom. The van der Waals surface area contributed by atoms with Crippen LogP contribution in [0.3, 0.4) is 0 Å². The fourth-order valence-corrected chi connectivity index (χ4v) is 2.72. The van der Waals surface area contributed by atoms with Crippen LogP contribution < -0.4 is 4.74 Å². The van der Waals surface area contributed by atoms with Crippen molar-refractivity contribution in [3.8, 4) is 11.5 Å². The average molecular weight is 234 g/mol. The van der Waals surface area contributed by atoms with Crippen molar-refractivity contribution in [2.75, 3.05) is 6.61 Å². The van der Waals surface area contributed by atoms with Crippen LogP contribution in [-0.2, 0) is 4.74 Å². The van der Waals surface area contributed by atoms with E-state index < -0.39 is 0 Å². The lowest BCUT2D eigenvalue weighted by Gasteiger charge is -2.46. The summed E-state index contributed by atoms with van der Waals surface area (Å²) in [4.78, 5) is 0. The summed E-state index contributed by atoms with van der Waals surface area (Å²) in [6, 6.07) is 6.96. The van der Waals surface area contributed by atoms with Crippen LogP contribution in [0.25, 0.3) is 0 Å². The van der Waals surface area contributed by atoms with Gasteiger partial charge in [0.25, 0.3) is 0 Å². The SMILES string of the molecule is Oc1ccc(OC2CCOC3(CCC3)C2)cc1. The van der Waals surface area contributed by atoms with Crippen molar-refractivity contribution in [1.29, 1.82) is 0 Å². The van der Waals surface area contributed by atoms with E-state index in [0.29, 0.717) is 0 Å². The van der Waals surface area contributed by atoms with E-state index >= 15 is 0 Å². The molecule has 1 spiro atoms. The molecule has 3 heteroatoms. The van der Waals surface area contributed by atoms with Crippen molar-refractivity contribution in [3.63, 3.8) is 0 Å². The van der Waals surface area contributed by atoms with Gasteiger partial charge >= 0.3 is 0 Å². The van der Waals surface area contributed by atoms with Crippen molar-refractivity contribution < 1.29 is 14.6 Å². The molecule has 1 heterocycles. The zero-order valence-corrected chi connectivity index (χ0v) is 9.89.